The van der Waals surface area contributed by atoms with Crippen molar-refractivity contribution in [2.24, 2.45) is 11.8 Å². The molecule has 0 radical (unpaired) electrons. The second-order valence-corrected chi connectivity index (χ2v) is 3.14. The van der Waals surface area contributed by atoms with Gasteiger partial charge in [0.1, 0.15) is 0 Å². The molecule has 0 aromatic heterocycles. The number of hydrogen-bond donors (Lipinski definition) is 1. The van der Waals surface area contributed by atoms with Crippen molar-refractivity contribution in [2.75, 3.05) is 0 Å². The lowest BCUT2D eigenvalue weighted by molar-refractivity contribution is 0.0264. The fourth-order valence-corrected chi connectivity index (χ4v) is 1.84. The van der Waals surface area contributed by atoms with E-state index >= 15 is 0 Å². The van der Waals surface area contributed by atoms with Crippen LogP contribution in [-0.2, 0) is 0 Å². The third kappa shape index (κ3) is 0.715. The zero-order valence-corrected chi connectivity index (χ0v) is 5.46. The molecule has 0 heterocycles. The van der Waals surface area contributed by atoms with Gasteiger partial charge in [0.25, 0.3) is 0 Å². The minimum atomic E-state index is -0.0197. The van der Waals surface area contributed by atoms with E-state index in [9.17, 15) is 5.11 Å². The van der Waals surface area contributed by atoms with Crippen molar-refractivity contribution in [3.05, 3.63) is 12.2 Å². The zero-order chi connectivity index (χ0) is 6.27. The summed E-state index contributed by atoms with van der Waals surface area (Å²) >= 11 is 0. The highest BCUT2D eigenvalue weighted by atomic mass is 16.3. The monoisotopic (exact) mass is 124 g/mol. The fourth-order valence-electron chi connectivity index (χ4n) is 1.84. The molecule has 9 heavy (non-hydrogen) atoms. The van der Waals surface area contributed by atoms with Gasteiger partial charge in [0, 0.05) is 0 Å². The highest BCUT2D eigenvalue weighted by Crippen LogP contribution is 2.41. The summed E-state index contributed by atoms with van der Waals surface area (Å²) in [5.41, 5.74) is 0. The normalized spacial score (nSPS) is 47.9. The van der Waals surface area contributed by atoms with Crippen LogP contribution in [0.15, 0.2) is 12.2 Å². The van der Waals surface area contributed by atoms with E-state index in [2.05, 4.69) is 12.2 Å². The van der Waals surface area contributed by atoms with Gasteiger partial charge in [0.2, 0.25) is 0 Å². The summed E-state index contributed by atoms with van der Waals surface area (Å²) in [4.78, 5) is 0. The maximum atomic E-state index is 9.35. The van der Waals surface area contributed by atoms with E-state index in [4.69, 9.17) is 0 Å². The molecule has 0 aromatic carbocycles. The Kier molecular flexibility index (Phi) is 1.12. The van der Waals surface area contributed by atoms with Crippen molar-refractivity contribution in [1.82, 2.24) is 0 Å². The highest BCUT2D eigenvalue weighted by Gasteiger charge is 2.35. The molecule has 0 aromatic rings. The fraction of sp³-hybridized carbons (Fsp3) is 0.750. The van der Waals surface area contributed by atoms with Crippen molar-refractivity contribution in [3.63, 3.8) is 0 Å². The van der Waals surface area contributed by atoms with Gasteiger partial charge in [-0.25, -0.2) is 0 Å². The average Bonchev–Trinajstić information content (AvgIpc) is 1.74. The Morgan fingerprint density at radius 3 is 2.67 bits per heavy atom. The molecule has 0 saturated heterocycles. The summed E-state index contributed by atoms with van der Waals surface area (Å²) in [5, 5.41) is 9.35. The average molecular weight is 124 g/mol. The quantitative estimate of drug-likeness (QED) is 0.483. The molecule has 0 amide bonds. The number of aliphatic hydroxyl groups excluding tert-OH is 1. The molecule has 2 aliphatic carbocycles. The standard InChI is InChI=1S/C8H12O/c9-8-3-1-2-6-4-5-7(6)8/h1-2,6-9H,3-5H2. The lowest BCUT2D eigenvalue weighted by Crippen LogP contribution is -2.36. The minimum absolute atomic E-state index is 0.0197. The first-order valence-electron chi connectivity index (χ1n) is 3.72. The molecule has 2 aliphatic rings. The van der Waals surface area contributed by atoms with Crippen molar-refractivity contribution >= 4 is 0 Å². The molecule has 1 fully saturated rings. The maximum absolute atomic E-state index is 9.35. The van der Waals surface area contributed by atoms with Crippen LogP contribution in [0.5, 0.6) is 0 Å². The van der Waals surface area contributed by atoms with Crippen LogP contribution in [0.4, 0.5) is 0 Å². The van der Waals surface area contributed by atoms with Gasteiger partial charge in [-0.15, -0.1) is 0 Å². The first kappa shape index (κ1) is 5.48. The van der Waals surface area contributed by atoms with E-state index < -0.39 is 0 Å². The Morgan fingerprint density at radius 2 is 2.22 bits per heavy atom. The molecule has 1 heteroatoms. The molecule has 50 valence electrons. The van der Waals surface area contributed by atoms with E-state index in [-0.39, 0.29) is 6.10 Å². The number of hydrogen-bond acceptors (Lipinski definition) is 1. The molecule has 1 N–H and O–H groups in total. The van der Waals surface area contributed by atoms with Crippen LogP contribution in [0.1, 0.15) is 19.3 Å². The molecule has 0 bridgehead atoms. The summed E-state index contributed by atoms with van der Waals surface area (Å²) in [6.45, 7) is 0. The Morgan fingerprint density at radius 1 is 1.33 bits per heavy atom. The second kappa shape index (κ2) is 1.84. The van der Waals surface area contributed by atoms with Crippen LogP contribution in [0, 0.1) is 11.8 Å². The van der Waals surface area contributed by atoms with Crippen LogP contribution in [0.3, 0.4) is 0 Å². The first-order valence-corrected chi connectivity index (χ1v) is 3.72. The minimum Gasteiger partial charge on any atom is -0.392 e. The lowest BCUT2D eigenvalue weighted by atomic mass is 9.67. The van der Waals surface area contributed by atoms with E-state index in [1.807, 2.05) is 0 Å². The van der Waals surface area contributed by atoms with Crippen LogP contribution in [-0.4, -0.2) is 11.2 Å². The van der Waals surface area contributed by atoms with Crippen LogP contribution >= 0.6 is 0 Å². The first-order chi connectivity index (χ1) is 4.38. The van der Waals surface area contributed by atoms with E-state index in [0.717, 1.165) is 12.3 Å². The van der Waals surface area contributed by atoms with Crippen LogP contribution < -0.4 is 0 Å². The third-order valence-corrected chi connectivity index (χ3v) is 2.64. The zero-order valence-electron chi connectivity index (χ0n) is 5.46. The SMILES string of the molecule is OC1CC=CC2CCC12. The number of aliphatic hydroxyl groups is 1. The molecule has 3 atom stereocenters. The van der Waals surface area contributed by atoms with E-state index in [1.54, 1.807) is 0 Å². The number of fused-ring (bicyclic) bond motifs is 1. The molecule has 1 saturated carbocycles. The Labute approximate surface area is 55.4 Å². The Hall–Kier alpha value is -0.300. The molecule has 0 spiro atoms. The Bertz CT molecular complexity index is 140. The second-order valence-electron chi connectivity index (χ2n) is 3.14. The van der Waals surface area contributed by atoms with Gasteiger partial charge in [-0.3, -0.25) is 0 Å². The van der Waals surface area contributed by atoms with Crippen LogP contribution in [0.25, 0.3) is 0 Å². The Balaban J connectivity index is 2.11. The van der Waals surface area contributed by atoms with Gasteiger partial charge in [0.05, 0.1) is 6.10 Å². The van der Waals surface area contributed by atoms with E-state index in [1.165, 1.54) is 12.8 Å². The van der Waals surface area contributed by atoms with Crippen molar-refractivity contribution in [1.29, 1.82) is 0 Å². The number of rotatable bonds is 0. The van der Waals surface area contributed by atoms with Gasteiger partial charge < -0.3 is 5.11 Å². The van der Waals surface area contributed by atoms with Crippen LogP contribution in [0.2, 0.25) is 0 Å². The van der Waals surface area contributed by atoms with Crippen molar-refractivity contribution in [2.45, 2.75) is 25.4 Å². The topological polar surface area (TPSA) is 20.2 Å². The summed E-state index contributed by atoms with van der Waals surface area (Å²) in [6, 6.07) is 0. The maximum Gasteiger partial charge on any atom is 0.0608 e. The van der Waals surface area contributed by atoms with E-state index in [0.29, 0.717) is 5.92 Å². The molecular formula is C8H12O. The molecule has 3 unspecified atom stereocenters. The molecule has 0 aliphatic heterocycles. The summed E-state index contributed by atoms with van der Waals surface area (Å²) < 4.78 is 0. The largest absolute Gasteiger partial charge is 0.392 e. The smallest absolute Gasteiger partial charge is 0.0608 e. The summed E-state index contributed by atoms with van der Waals surface area (Å²) in [7, 11) is 0. The third-order valence-electron chi connectivity index (χ3n) is 2.64. The van der Waals surface area contributed by atoms with Gasteiger partial charge in [-0.05, 0) is 31.1 Å². The predicted molar refractivity (Wildman–Crippen MR) is 36.0 cm³/mol. The summed E-state index contributed by atoms with van der Waals surface area (Å²) in [5.74, 6) is 1.35. The van der Waals surface area contributed by atoms with Gasteiger partial charge >= 0.3 is 0 Å². The lowest BCUT2D eigenvalue weighted by Gasteiger charge is -2.40. The van der Waals surface area contributed by atoms with Gasteiger partial charge in [-0.1, -0.05) is 12.2 Å². The van der Waals surface area contributed by atoms with Gasteiger partial charge in [-0.2, -0.15) is 0 Å². The molecule has 2 rings (SSSR count). The van der Waals surface area contributed by atoms with Crippen molar-refractivity contribution < 1.29 is 5.11 Å². The predicted octanol–water partition coefficient (Wildman–Crippen LogP) is 1.33. The highest BCUT2D eigenvalue weighted by molar-refractivity contribution is 5.05. The number of allylic oxidation sites excluding steroid dienone is 1. The van der Waals surface area contributed by atoms with Crippen molar-refractivity contribution in [3.8, 4) is 0 Å². The molecule has 1 nitrogen and oxygen atoms in total. The molecular weight excluding hydrogens is 112 g/mol. The summed E-state index contributed by atoms with van der Waals surface area (Å²) in [6.07, 6.45) is 7.80. The van der Waals surface area contributed by atoms with Gasteiger partial charge in [0.15, 0.2) is 0 Å².